The Kier molecular flexibility index (Phi) is 3.81. The van der Waals surface area contributed by atoms with Gasteiger partial charge in [0.05, 0.1) is 10.1 Å². The number of thiophene rings is 1. The molecular weight excluding hydrogens is 403 g/mol. The summed E-state index contributed by atoms with van der Waals surface area (Å²) in [6.07, 6.45) is 1.61. The minimum absolute atomic E-state index is 0.0256. The van der Waals surface area contributed by atoms with Crippen LogP contribution in [0.5, 0.6) is 0 Å². The van der Waals surface area contributed by atoms with Crippen molar-refractivity contribution in [3.63, 3.8) is 0 Å². The Morgan fingerprint density at radius 1 is 1.62 bits per heavy atom. The molecule has 0 aliphatic rings. The molecule has 6 heteroatoms. The van der Waals surface area contributed by atoms with Crippen LogP contribution in [0.25, 0.3) is 0 Å². The van der Waals surface area contributed by atoms with E-state index < -0.39 is 0 Å². The highest BCUT2D eigenvalue weighted by Gasteiger charge is 2.07. The summed E-state index contributed by atoms with van der Waals surface area (Å²) in [5, 5.41) is 2.01. The fourth-order valence-electron chi connectivity index (χ4n) is 1.33. The summed E-state index contributed by atoms with van der Waals surface area (Å²) in [5.74, 6) is 0.745. The normalized spacial score (nSPS) is 10.7. The Morgan fingerprint density at radius 3 is 3.00 bits per heavy atom. The van der Waals surface area contributed by atoms with Crippen molar-refractivity contribution in [3.8, 4) is 0 Å². The van der Waals surface area contributed by atoms with Crippen molar-refractivity contribution in [2.24, 2.45) is 0 Å². The molecule has 0 fully saturated rings. The molecule has 0 atom stereocenters. The van der Waals surface area contributed by atoms with E-state index in [1.54, 1.807) is 22.1 Å². The first kappa shape index (κ1) is 12.3. The highest BCUT2D eigenvalue weighted by atomic mass is 127. The number of rotatable bonds is 2. The van der Waals surface area contributed by atoms with Crippen LogP contribution >= 0.6 is 49.9 Å². The Labute approximate surface area is 119 Å². The summed E-state index contributed by atoms with van der Waals surface area (Å²) in [7, 11) is 0. The van der Waals surface area contributed by atoms with Crippen LogP contribution in [0.2, 0.25) is 0 Å². The van der Waals surface area contributed by atoms with E-state index in [0.29, 0.717) is 10.1 Å². The third-order valence-electron chi connectivity index (χ3n) is 2.14. The fraction of sp³-hybridized carbons (Fsp3) is 0.200. The van der Waals surface area contributed by atoms with Crippen LogP contribution in [0.3, 0.4) is 0 Å². The predicted molar refractivity (Wildman–Crippen MR) is 77.1 cm³/mol. The third-order valence-corrected chi connectivity index (χ3v) is 4.56. The summed E-state index contributed by atoms with van der Waals surface area (Å²) in [5.41, 5.74) is 0.0256. The summed E-state index contributed by atoms with van der Waals surface area (Å²) in [6.45, 7) is 2.44. The Bertz CT molecular complexity index is 578. The Hall–Kier alpha value is -0.210. The summed E-state index contributed by atoms with van der Waals surface area (Å²) < 4.78 is 3.40. The van der Waals surface area contributed by atoms with Gasteiger partial charge in [-0.3, -0.25) is 9.36 Å². The molecule has 0 saturated heterocycles. The molecule has 0 saturated carbocycles. The standard InChI is InChI=1S/C10H8BrIN2OS/c1-6-13-3-9(12)10(15)14(6)4-8-2-7(11)5-16-8/h2-3,5H,4H2,1H3. The lowest BCUT2D eigenvalue weighted by atomic mass is 10.4. The van der Waals surface area contributed by atoms with Gasteiger partial charge in [0.25, 0.3) is 5.56 Å². The van der Waals surface area contributed by atoms with Crippen LogP contribution in [-0.4, -0.2) is 9.55 Å². The van der Waals surface area contributed by atoms with E-state index in [0.717, 1.165) is 15.2 Å². The van der Waals surface area contributed by atoms with Gasteiger partial charge in [-0.15, -0.1) is 11.3 Å². The number of aromatic nitrogens is 2. The summed E-state index contributed by atoms with van der Waals surface area (Å²) in [6, 6.07) is 2.02. The second-order valence-electron chi connectivity index (χ2n) is 3.28. The molecule has 2 aromatic rings. The fourth-order valence-corrected chi connectivity index (χ4v) is 3.20. The summed E-state index contributed by atoms with van der Waals surface area (Å²) in [4.78, 5) is 17.2. The minimum atomic E-state index is 0.0256. The van der Waals surface area contributed by atoms with Crippen molar-refractivity contribution >= 4 is 49.9 Å². The van der Waals surface area contributed by atoms with Crippen molar-refractivity contribution in [3.05, 3.63) is 46.7 Å². The third kappa shape index (κ3) is 2.54. The van der Waals surface area contributed by atoms with Gasteiger partial charge in [-0.1, -0.05) is 0 Å². The second-order valence-corrected chi connectivity index (χ2v) is 6.35. The van der Waals surface area contributed by atoms with Crippen LogP contribution in [0.15, 0.2) is 26.9 Å². The first-order valence-electron chi connectivity index (χ1n) is 4.53. The molecule has 0 spiro atoms. The maximum Gasteiger partial charge on any atom is 0.267 e. The molecule has 2 aromatic heterocycles. The lowest BCUT2D eigenvalue weighted by Gasteiger charge is -2.07. The van der Waals surface area contributed by atoms with E-state index in [1.807, 2.05) is 41.0 Å². The minimum Gasteiger partial charge on any atom is -0.291 e. The quantitative estimate of drug-likeness (QED) is 0.713. The van der Waals surface area contributed by atoms with Gasteiger partial charge in [-0.05, 0) is 51.5 Å². The van der Waals surface area contributed by atoms with Crippen molar-refractivity contribution in [2.75, 3.05) is 0 Å². The largest absolute Gasteiger partial charge is 0.291 e. The van der Waals surface area contributed by atoms with Gasteiger partial charge >= 0.3 is 0 Å². The van der Waals surface area contributed by atoms with E-state index in [2.05, 4.69) is 20.9 Å². The number of nitrogens with zero attached hydrogens (tertiary/aromatic N) is 2. The van der Waals surface area contributed by atoms with E-state index in [1.165, 1.54) is 0 Å². The average Bonchev–Trinajstić information content (AvgIpc) is 2.65. The second kappa shape index (κ2) is 4.97. The molecular formula is C10H8BrIN2OS. The van der Waals surface area contributed by atoms with Crippen LogP contribution in [0, 0.1) is 10.5 Å². The summed E-state index contributed by atoms with van der Waals surface area (Å²) >= 11 is 7.05. The lowest BCUT2D eigenvalue weighted by Crippen LogP contribution is -2.25. The molecule has 0 aliphatic heterocycles. The Balaban J connectivity index is 2.42. The van der Waals surface area contributed by atoms with Crippen LogP contribution < -0.4 is 5.56 Å². The lowest BCUT2D eigenvalue weighted by molar-refractivity contribution is 0.702. The van der Waals surface area contributed by atoms with Crippen molar-refractivity contribution < 1.29 is 0 Å². The van der Waals surface area contributed by atoms with Gasteiger partial charge in [0.1, 0.15) is 5.82 Å². The highest BCUT2D eigenvalue weighted by molar-refractivity contribution is 14.1. The first-order valence-corrected chi connectivity index (χ1v) is 7.28. The highest BCUT2D eigenvalue weighted by Crippen LogP contribution is 2.20. The van der Waals surface area contributed by atoms with Gasteiger partial charge in [0, 0.05) is 20.9 Å². The van der Waals surface area contributed by atoms with Gasteiger partial charge in [0.15, 0.2) is 0 Å². The molecule has 2 heterocycles. The van der Waals surface area contributed by atoms with Crippen molar-refractivity contribution in [2.45, 2.75) is 13.5 Å². The molecule has 0 N–H and O–H groups in total. The van der Waals surface area contributed by atoms with Gasteiger partial charge in [0.2, 0.25) is 0 Å². The zero-order chi connectivity index (χ0) is 11.7. The van der Waals surface area contributed by atoms with E-state index in [-0.39, 0.29) is 5.56 Å². The van der Waals surface area contributed by atoms with E-state index in [4.69, 9.17) is 0 Å². The smallest absolute Gasteiger partial charge is 0.267 e. The van der Waals surface area contributed by atoms with Gasteiger partial charge in [-0.2, -0.15) is 0 Å². The predicted octanol–water partition coefficient (Wildman–Crippen LogP) is 3.03. The topological polar surface area (TPSA) is 34.9 Å². The molecule has 3 nitrogen and oxygen atoms in total. The van der Waals surface area contributed by atoms with Crippen LogP contribution in [-0.2, 0) is 6.54 Å². The average molecular weight is 411 g/mol. The zero-order valence-corrected chi connectivity index (χ0v) is 13.0. The van der Waals surface area contributed by atoms with Crippen molar-refractivity contribution in [1.82, 2.24) is 9.55 Å². The van der Waals surface area contributed by atoms with E-state index in [9.17, 15) is 4.79 Å². The molecule has 0 bridgehead atoms. The van der Waals surface area contributed by atoms with Gasteiger partial charge in [-0.25, -0.2) is 4.98 Å². The molecule has 0 unspecified atom stereocenters. The zero-order valence-electron chi connectivity index (χ0n) is 8.41. The number of halogens is 2. The molecule has 84 valence electrons. The number of hydrogen-bond acceptors (Lipinski definition) is 3. The molecule has 0 aromatic carbocycles. The SMILES string of the molecule is Cc1ncc(I)c(=O)n1Cc1cc(Br)cs1. The van der Waals surface area contributed by atoms with Crippen molar-refractivity contribution in [1.29, 1.82) is 0 Å². The molecule has 0 amide bonds. The number of hydrogen-bond donors (Lipinski definition) is 0. The Morgan fingerprint density at radius 2 is 2.38 bits per heavy atom. The molecule has 0 radical (unpaired) electrons. The van der Waals surface area contributed by atoms with E-state index >= 15 is 0 Å². The first-order chi connectivity index (χ1) is 7.58. The number of aryl methyl sites for hydroxylation is 1. The maximum absolute atomic E-state index is 11.9. The monoisotopic (exact) mass is 410 g/mol. The van der Waals surface area contributed by atoms with Gasteiger partial charge < -0.3 is 0 Å². The molecule has 2 rings (SSSR count). The maximum atomic E-state index is 11.9. The molecule has 0 aliphatic carbocycles. The van der Waals surface area contributed by atoms with Crippen LogP contribution in [0.4, 0.5) is 0 Å². The molecule has 16 heavy (non-hydrogen) atoms. The van der Waals surface area contributed by atoms with Crippen LogP contribution in [0.1, 0.15) is 10.7 Å².